The van der Waals surface area contributed by atoms with Crippen LogP contribution in [0.2, 0.25) is 0 Å². The van der Waals surface area contributed by atoms with Crippen molar-refractivity contribution >= 4 is 39.1 Å². The predicted molar refractivity (Wildman–Crippen MR) is 59.8 cm³/mol. The van der Waals surface area contributed by atoms with Crippen LogP contribution in [-0.4, -0.2) is 38.5 Å². The maximum absolute atomic E-state index is 10.7. The van der Waals surface area contributed by atoms with Crippen molar-refractivity contribution in [3.63, 3.8) is 0 Å². The number of aromatic nitrogens is 2. The van der Waals surface area contributed by atoms with Gasteiger partial charge in [0.25, 0.3) is 0 Å². The van der Waals surface area contributed by atoms with E-state index in [0.29, 0.717) is 24.2 Å². The van der Waals surface area contributed by atoms with E-state index in [-0.39, 0.29) is 0 Å². The van der Waals surface area contributed by atoms with Crippen molar-refractivity contribution in [1.29, 1.82) is 0 Å². The maximum Gasteiger partial charge on any atom is 0.407 e. The van der Waals surface area contributed by atoms with Gasteiger partial charge in [0.2, 0.25) is 4.73 Å². The Morgan fingerprint density at radius 2 is 2.47 bits per heavy atom. The third-order valence-corrected chi connectivity index (χ3v) is 3.54. The van der Waals surface area contributed by atoms with E-state index in [4.69, 9.17) is 5.11 Å². The number of amides is 1. The summed E-state index contributed by atoms with van der Waals surface area (Å²) in [6.45, 7) is 0.959. The van der Waals surface area contributed by atoms with Crippen molar-refractivity contribution in [2.75, 3.05) is 13.1 Å². The molecule has 0 fully saturated rings. The molecule has 0 saturated heterocycles. The molecule has 15 heavy (non-hydrogen) atoms. The Morgan fingerprint density at radius 3 is 2.93 bits per heavy atom. The molecule has 1 aromatic heterocycles. The van der Waals surface area contributed by atoms with Gasteiger partial charge in [-0.25, -0.2) is 9.78 Å². The molecule has 2 rings (SSSR count). The van der Waals surface area contributed by atoms with Crippen LogP contribution in [-0.2, 0) is 0 Å². The first-order valence-corrected chi connectivity index (χ1v) is 5.90. The van der Waals surface area contributed by atoms with E-state index in [2.05, 4.69) is 25.3 Å². The van der Waals surface area contributed by atoms with Gasteiger partial charge in [0.05, 0.1) is 0 Å². The molecule has 5 nitrogen and oxygen atoms in total. The summed E-state index contributed by atoms with van der Waals surface area (Å²) in [5, 5.41) is 9.63. The summed E-state index contributed by atoms with van der Waals surface area (Å²) in [5.41, 5.74) is 1.08. The molecule has 7 heteroatoms. The number of carbonyl (C=O) groups is 1. The molecule has 0 atom stereocenters. The summed E-state index contributed by atoms with van der Waals surface area (Å²) >= 11 is 4.51. The van der Waals surface area contributed by atoms with Crippen LogP contribution in [0.25, 0.3) is 5.57 Å². The first-order chi connectivity index (χ1) is 7.16. The fourth-order valence-electron chi connectivity index (χ4n) is 1.37. The van der Waals surface area contributed by atoms with Crippen molar-refractivity contribution in [2.45, 2.75) is 6.42 Å². The summed E-state index contributed by atoms with van der Waals surface area (Å²) in [4.78, 5) is 16.2. The van der Waals surface area contributed by atoms with Gasteiger partial charge < -0.3 is 10.0 Å². The van der Waals surface area contributed by atoms with Crippen molar-refractivity contribution in [3.8, 4) is 0 Å². The van der Waals surface area contributed by atoms with Gasteiger partial charge >= 0.3 is 6.09 Å². The fourth-order valence-corrected chi connectivity index (χ4v) is 2.52. The molecule has 0 unspecified atom stereocenters. The predicted octanol–water partition coefficient (Wildman–Crippen LogP) is 2.07. The highest BCUT2D eigenvalue weighted by atomic mass is 79.9. The smallest absolute Gasteiger partial charge is 0.407 e. The van der Waals surface area contributed by atoms with Gasteiger partial charge in [0.15, 0.2) is 0 Å². The van der Waals surface area contributed by atoms with Gasteiger partial charge in [-0.3, -0.25) is 0 Å². The summed E-state index contributed by atoms with van der Waals surface area (Å²) in [6, 6.07) is 0. The Hall–Kier alpha value is -0.950. The van der Waals surface area contributed by atoms with Crippen LogP contribution in [0.15, 0.2) is 10.8 Å². The van der Waals surface area contributed by atoms with Gasteiger partial charge in [0.1, 0.15) is 5.01 Å². The lowest BCUT2D eigenvalue weighted by Crippen LogP contribution is -2.33. The van der Waals surface area contributed by atoms with Gasteiger partial charge in [-0.15, -0.1) is 0 Å². The Kier molecular flexibility index (Phi) is 3.01. The Bertz CT molecular complexity index is 418. The largest absolute Gasteiger partial charge is 0.465 e. The highest BCUT2D eigenvalue weighted by Gasteiger charge is 2.18. The number of carboxylic acid groups (broad SMARTS) is 1. The summed E-state index contributed by atoms with van der Waals surface area (Å²) < 4.78 is 4.61. The van der Waals surface area contributed by atoms with Crippen LogP contribution in [0.4, 0.5) is 4.79 Å². The Labute approximate surface area is 98.7 Å². The summed E-state index contributed by atoms with van der Waals surface area (Å²) in [7, 11) is 0. The highest BCUT2D eigenvalue weighted by Crippen LogP contribution is 2.24. The van der Waals surface area contributed by atoms with Crippen LogP contribution in [0.1, 0.15) is 11.4 Å². The molecule has 0 radical (unpaired) electrons. The number of hydrogen-bond donors (Lipinski definition) is 1. The fraction of sp³-hybridized carbons (Fsp3) is 0.375. The van der Waals surface area contributed by atoms with E-state index in [1.807, 2.05) is 6.08 Å². The molecular weight excluding hydrogens is 282 g/mol. The number of halogens is 1. The summed E-state index contributed by atoms with van der Waals surface area (Å²) in [5.74, 6) is 0. The minimum Gasteiger partial charge on any atom is -0.465 e. The second-order valence-electron chi connectivity index (χ2n) is 3.08. The minimum atomic E-state index is -0.872. The van der Waals surface area contributed by atoms with Crippen LogP contribution in [0.3, 0.4) is 0 Å². The molecule has 80 valence electrons. The maximum atomic E-state index is 10.7. The normalized spacial score (nSPS) is 16.3. The zero-order valence-electron chi connectivity index (χ0n) is 7.68. The average Bonchev–Trinajstić information content (AvgIpc) is 2.65. The number of hydrogen-bond acceptors (Lipinski definition) is 4. The quantitative estimate of drug-likeness (QED) is 0.859. The van der Waals surface area contributed by atoms with E-state index < -0.39 is 6.09 Å². The van der Waals surface area contributed by atoms with Crippen molar-refractivity contribution in [1.82, 2.24) is 14.3 Å². The van der Waals surface area contributed by atoms with E-state index in [1.165, 1.54) is 16.4 Å². The van der Waals surface area contributed by atoms with Gasteiger partial charge in [0, 0.05) is 13.1 Å². The molecular formula is C8H8BrN3O2S. The number of nitrogens with zero attached hydrogens (tertiary/aromatic N) is 3. The third kappa shape index (κ3) is 2.35. The Morgan fingerprint density at radius 1 is 1.67 bits per heavy atom. The van der Waals surface area contributed by atoms with Crippen LogP contribution < -0.4 is 0 Å². The molecule has 0 bridgehead atoms. The SMILES string of the molecule is O=C(O)N1CC=C(c2nc(Br)ns2)CC1. The zero-order valence-corrected chi connectivity index (χ0v) is 10.1. The average molecular weight is 290 g/mol. The molecule has 1 N–H and O–H groups in total. The lowest BCUT2D eigenvalue weighted by atomic mass is 10.1. The molecule has 2 heterocycles. The van der Waals surface area contributed by atoms with E-state index in [1.54, 1.807) is 0 Å². The molecule has 1 aliphatic rings. The standard InChI is InChI=1S/C8H8BrN3O2S/c9-7-10-6(15-11-7)5-1-3-12(4-2-5)8(13)14/h1H,2-4H2,(H,13,14). The monoisotopic (exact) mass is 289 g/mol. The van der Waals surface area contributed by atoms with E-state index >= 15 is 0 Å². The molecule has 1 aliphatic heterocycles. The van der Waals surface area contributed by atoms with E-state index in [0.717, 1.165) is 10.6 Å². The van der Waals surface area contributed by atoms with Gasteiger partial charge in [-0.1, -0.05) is 6.08 Å². The van der Waals surface area contributed by atoms with Crippen molar-refractivity contribution in [3.05, 3.63) is 15.8 Å². The zero-order chi connectivity index (χ0) is 10.8. The minimum absolute atomic E-state index is 0.432. The highest BCUT2D eigenvalue weighted by molar-refractivity contribution is 9.10. The summed E-state index contributed by atoms with van der Waals surface area (Å²) in [6.07, 6.45) is 1.72. The molecule has 0 saturated carbocycles. The number of rotatable bonds is 1. The second-order valence-corrected chi connectivity index (χ2v) is 4.54. The Balaban J connectivity index is 2.11. The topological polar surface area (TPSA) is 66.3 Å². The van der Waals surface area contributed by atoms with Gasteiger partial charge in [-0.05, 0) is 39.5 Å². The van der Waals surface area contributed by atoms with Crippen LogP contribution in [0.5, 0.6) is 0 Å². The lowest BCUT2D eigenvalue weighted by molar-refractivity contribution is 0.150. The lowest BCUT2D eigenvalue weighted by Gasteiger charge is -2.22. The molecule has 1 amide bonds. The first kappa shape index (κ1) is 10.6. The molecule has 0 aliphatic carbocycles. The third-order valence-electron chi connectivity index (χ3n) is 2.16. The molecule has 0 spiro atoms. The first-order valence-electron chi connectivity index (χ1n) is 4.33. The molecule has 1 aromatic rings. The van der Waals surface area contributed by atoms with E-state index in [9.17, 15) is 4.79 Å². The van der Waals surface area contributed by atoms with Gasteiger partial charge in [-0.2, -0.15) is 4.37 Å². The van der Waals surface area contributed by atoms with Crippen molar-refractivity contribution in [2.24, 2.45) is 0 Å². The van der Waals surface area contributed by atoms with Crippen molar-refractivity contribution < 1.29 is 9.90 Å². The van der Waals surface area contributed by atoms with Crippen LogP contribution >= 0.6 is 27.5 Å². The van der Waals surface area contributed by atoms with Crippen LogP contribution in [0, 0.1) is 0 Å². The second kappa shape index (κ2) is 4.28. The molecule has 0 aromatic carbocycles.